The number of amides is 1. The van der Waals surface area contributed by atoms with E-state index in [2.05, 4.69) is 10.6 Å². The van der Waals surface area contributed by atoms with Crippen LogP contribution in [-0.2, 0) is 17.5 Å². The highest BCUT2D eigenvalue weighted by Crippen LogP contribution is 2.31. The van der Waals surface area contributed by atoms with Crippen LogP contribution in [0.3, 0.4) is 0 Å². The number of carbonyl (C=O) groups excluding carboxylic acids is 1. The maximum absolute atomic E-state index is 12.7. The van der Waals surface area contributed by atoms with Gasteiger partial charge in [0.1, 0.15) is 0 Å². The molecule has 1 aliphatic rings. The molecule has 1 saturated heterocycles. The van der Waals surface area contributed by atoms with E-state index in [0.717, 1.165) is 19.2 Å². The van der Waals surface area contributed by atoms with E-state index >= 15 is 0 Å². The summed E-state index contributed by atoms with van der Waals surface area (Å²) in [6, 6.07) is 5.28. The van der Waals surface area contributed by atoms with Gasteiger partial charge in [-0.15, -0.1) is 0 Å². The monoisotopic (exact) mass is 272 g/mol. The molecular weight excluding hydrogens is 257 g/mol. The van der Waals surface area contributed by atoms with Crippen molar-refractivity contribution in [3.05, 3.63) is 35.4 Å². The number of halogens is 3. The van der Waals surface area contributed by atoms with Crippen molar-refractivity contribution in [2.45, 2.75) is 19.1 Å². The van der Waals surface area contributed by atoms with Crippen LogP contribution in [0.5, 0.6) is 0 Å². The van der Waals surface area contributed by atoms with Crippen molar-refractivity contribution in [3.8, 4) is 0 Å². The van der Waals surface area contributed by atoms with E-state index < -0.39 is 11.7 Å². The van der Waals surface area contributed by atoms with Gasteiger partial charge in [0.05, 0.1) is 5.56 Å². The second kappa shape index (κ2) is 5.61. The summed E-state index contributed by atoms with van der Waals surface area (Å²) >= 11 is 0. The second-order valence-corrected chi connectivity index (χ2v) is 4.66. The first-order valence-corrected chi connectivity index (χ1v) is 6.09. The lowest BCUT2D eigenvalue weighted by molar-refractivity contribution is -0.138. The predicted octanol–water partition coefficient (Wildman–Crippen LogP) is 1.93. The van der Waals surface area contributed by atoms with Crippen molar-refractivity contribution in [2.24, 2.45) is 5.92 Å². The van der Waals surface area contributed by atoms with Crippen LogP contribution in [0.15, 0.2) is 24.3 Å². The van der Waals surface area contributed by atoms with E-state index in [4.69, 9.17) is 0 Å². The number of nitrogens with one attached hydrogen (secondary N) is 2. The van der Waals surface area contributed by atoms with Gasteiger partial charge in [0, 0.05) is 13.0 Å². The Labute approximate surface area is 109 Å². The Bertz CT molecular complexity index is 455. The fourth-order valence-electron chi connectivity index (χ4n) is 1.97. The molecule has 0 atom stereocenters. The Morgan fingerprint density at radius 2 is 2.00 bits per heavy atom. The first-order valence-electron chi connectivity index (χ1n) is 6.09. The topological polar surface area (TPSA) is 41.1 Å². The molecule has 1 heterocycles. The first-order chi connectivity index (χ1) is 8.97. The van der Waals surface area contributed by atoms with E-state index in [-0.39, 0.29) is 18.0 Å². The van der Waals surface area contributed by atoms with Crippen molar-refractivity contribution in [1.82, 2.24) is 10.6 Å². The highest BCUT2D eigenvalue weighted by Gasteiger charge is 2.32. The summed E-state index contributed by atoms with van der Waals surface area (Å²) in [5.74, 6) is 0.0985. The maximum Gasteiger partial charge on any atom is 0.416 e. The summed E-state index contributed by atoms with van der Waals surface area (Å²) in [5, 5.41) is 5.58. The van der Waals surface area contributed by atoms with E-state index in [1.54, 1.807) is 0 Å². The molecular formula is C13H15F3N2O. The SMILES string of the molecule is O=C(CC1CNC1)NCc1ccccc1C(F)(F)F. The third-order valence-corrected chi connectivity index (χ3v) is 3.14. The summed E-state index contributed by atoms with van der Waals surface area (Å²) in [5.41, 5.74) is -0.601. The normalized spacial score (nSPS) is 15.9. The second-order valence-electron chi connectivity index (χ2n) is 4.66. The van der Waals surface area contributed by atoms with Gasteiger partial charge in [-0.1, -0.05) is 18.2 Å². The lowest BCUT2D eigenvalue weighted by Gasteiger charge is -2.26. The highest BCUT2D eigenvalue weighted by atomic mass is 19.4. The largest absolute Gasteiger partial charge is 0.416 e. The van der Waals surface area contributed by atoms with Gasteiger partial charge in [-0.3, -0.25) is 4.79 Å². The number of benzene rings is 1. The zero-order chi connectivity index (χ0) is 13.9. The number of hydrogen-bond acceptors (Lipinski definition) is 2. The summed E-state index contributed by atoms with van der Waals surface area (Å²) in [6.07, 6.45) is -4.03. The van der Waals surface area contributed by atoms with Gasteiger partial charge in [0.15, 0.2) is 0 Å². The molecule has 1 aromatic carbocycles. The quantitative estimate of drug-likeness (QED) is 0.879. The molecule has 6 heteroatoms. The molecule has 0 radical (unpaired) electrons. The summed E-state index contributed by atoms with van der Waals surface area (Å²) in [6.45, 7) is 1.51. The van der Waals surface area contributed by atoms with Gasteiger partial charge in [-0.05, 0) is 30.6 Å². The Balaban J connectivity index is 1.93. The van der Waals surface area contributed by atoms with Crippen molar-refractivity contribution >= 4 is 5.91 Å². The molecule has 19 heavy (non-hydrogen) atoms. The van der Waals surface area contributed by atoms with Crippen molar-refractivity contribution in [1.29, 1.82) is 0 Å². The van der Waals surface area contributed by atoms with Gasteiger partial charge < -0.3 is 10.6 Å². The average Bonchev–Trinajstić information content (AvgIpc) is 2.30. The molecule has 0 aliphatic carbocycles. The minimum Gasteiger partial charge on any atom is -0.352 e. The van der Waals surface area contributed by atoms with E-state index in [0.29, 0.717) is 12.3 Å². The Morgan fingerprint density at radius 3 is 2.58 bits per heavy atom. The number of carbonyl (C=O) groups is 1. The number of alkyl halides is 3. The standard InChI is InChI=1S/C13H15F3N2O/c14-13(15,16)11-4-2-1-3-10(11)8-18-12(19)5-9-6-17-7-9/h1-4,9,17H,5-8H2,(H,18,19). The van der Waals surface area contributed by atoms with Gasteiger partial charge >= 0.3 is 6.18 Å². The number of hydrogen-bond donors (Lipinski definition) is 2. The van der Waals surface area contributed by atoms with Gasteiger partial charge in [0.2, 0.25) is 5.91 Å². The average molecular weight is 272 g/mol. The molecule has 0 unspecified atom stereocenters. The zero-order valence-corrected chi connectivity index (χ0v) is 10.3. The minimum atomic E-state index is -4.39. The third-order valence-electron chi connectivity index (χ3n) is 3.14. The van der Waals surface area contributed by atoms with Gasteiger partial charge in [-0.2, -0.15) is 13.2 Å². The smallest absolute Gasteiger partial charge is 0.352 e. The maximum atomic E-state index is 12.7. The Morgan fingerprint density at radius 1 is 1.32 bits per heavy atom. The van der Waals surface area contributed by atoms with Crippen molar-refractivity contribution in [3.63, 3.8) is 0 Å². The zero-order valence-electron chi connectivity index (χ0n) is 10.3. The van der Waals surface area contributed by atoms with Crippen LogP contribution in [0.4, 0.5) is 13.2 Å². The van der Waals surface area contributed by atoms with Crippen molar-refractivity contribution < 1.29 is 18.0 Å². The van der Waals surface area contributed by atoms with E-state index in [1.165, 1.54) is 18.2 Å². The summed E-state index contributed by atoms with van der Waals surface area (Å²) < 4.78 is 38.2. The van der Waals surface area contributed by atoms with Crippen LogP contribution in [0.1, 0.15) is 17.5 Å². The van der Waals surface area contributed by atoms with Crippen LogP contribution in [0.2, 0.25) is 0 Å². The van der Waals surface area contributed by atoms with Crippen LogP contribution in [0, 0.1) is 5.92 Å². The van der Waals surface area contributed by atoms with Crippen molar-refractivity contribution in [2.75, 3.05) is 13.1 Å². The number of rotatable bonds is 4. The molecule has 2 N–H and O–H groups in total. The molecule has 1 aromatic rings. The minimum absolute atomic E-state index is 0.0886. The summed E-state index contributed by atoms with van der Waals surface area (Å²) in [7, 11) is 0. The molecule has 104 valence electrons. The highest BCUT2D eigenvalue weighted by molar-refractivity contribution is 5.76. The first kappa shape index (κ1) is 13.9. The van der Waals surface area contributed by atoms with Crippen LogP contribution < -0.4 is 10.6 Å². The molecule has 0 bridgehead atoms. The van der Waals surface area contributed by atoms with E-state index in [9.17, 15) is 18.0 Å². The molecule has 3 nitrogen and oxygen atoms in total. The molecule has 0 spiro atoms. The van der Waals surface area contributed by atoms with Crippen LogP contribution >= 0.6 is 0 Å². The van der Waals surface area contributed by atoms with Gasteiger partial charge in [0.25, 0.3) is 0 Å². The Hall–Kier alpha value is -1.56. The lowest BCUT2D eigenvalue weighted by Crippen LogP contribution is -2.44. The molecule has 2 rings (SSSR count). The fraction of sp³-hybridized carbons (Fsp3) is 0.462. The van der Waals surface area contributed by atoms with Crippen LogP contribution in [0.25, 0.3) is 0 Å². The Kier molecular flexibility index (Phi) is 4.09. The van der Waals surface area contributed by atoms with Crippen LogP contribution in [-0.4, -0.2) is 19.0 Å². The van der Waals surface area contributed by atoms with E-state index in [1.807, 2.05) is 0 Å². The lowest BCUT2D eigenvalue weighted by atomic mass is 9.99. The fourth-order valence-corrected chi connectivity index (χ4v) is 1.97. The molecule has 0 saturated carbocycles. The molecule has 1 fully saturated rings. The van der Waals surface area contributed by atoms with Gasteiger partial charge in [-0.25, -0.2) is 0 Å². The molecule has 1 amide bonds. The molecule has 0 aromatic heterocycles. The predicted molar refractivity (Wildman–Crippen MR) is 64.3 cm³/mol. The summed E-state index contributed by atoms with van der Waals surface area (Å²) in [4.78, 5) is 11.6. The molecule has 1 aliphatic heterocycles. The third kappa shape index (κ3) is 3.70.